The van der Waals surface area contributed by atoms with Gasteiger partial charge in [-0.05, 0) is 19.9 Å². The summed E-state index contributed by atoms with van der Waals surface area (Å²) in [7, 11) is 1.94. The normalized spacial score (nSPS) is 10.7. The van der Waals surface area contributed by atoms with Crippen molar-refractivity contribution in [1.82, 2.24) is 19.6 Å². The van der Waals surface area contributed by atoms with Crippen LogP contribution in [0.4, 0.5) is 5.82 Å². The molecule has 2 aromatic heterocycles. The predicted octanol–water partition coefficient (Wildman–Crippen LogP) is 1.56. The second kappa shape index (κ2) is 4.38. The fourth-order valence-corrected chi connectivity index (χ4v) is 1.75. The fraction of sp³-hybridized carbons (Fsp3) is 0.455. The van der Waals surface area contributed by atoms with Gasteiger partial charge in [-0.1, -0.05) is 0 Å². The Morgan fingerprint density at radius 3 is 2.88 bits per heavy atom. The largest absolute Gasteiger partial charge is 0.365 e. The van der Waals surface area contributed by atoms with Crippen LogP contribution in [0.3, 0.4) is 0 Å². The van der Waals surface area contributed by atoms with Crippen LogP contribution in [0.2, 0.25) is 0 Å². The zero-order valence-electron chi connectivity index (χ0n) is 9.94. The summed E-state index contributed by atoms with van der Waals surface area (Å²) >= 11 is 0. The highest BCUT2D eigenvalue weighted by Gasteiger charge is 2.03. The summed E-state index contributed by atoms with van der Waals surface area (Å²) in [6.07, 6.45) is 1.83. The molecule has 0 bridgehead atoms. The summed E-state index contributed by atoms with van der Waals surface area (Å²) < 4.78 is 3.83. The molecular weight excluding hydrogens is 202 g/mol. The maximum Gasteiger partial charge on any atom is 0.124 e. The number of hydrogen-bond acceptors (Lipinski definition) is 3. The third-order valence-corrected chi connectivity index (χ3v) is 2.56. The van der Waals surface area contributed by atoms with Crippen LogP contribution < -0.4 is 5.32 Å². The van der Waals surface area contributed by atoms with Crippen molar-refractivity contribution in [2.24, 2.45) is 7.05 Å². The number of nitrogens with one attached hydrogen (secondary N) is 1. The number of hydrogen-bond donors (Lipinski definition) is 1. The molecule has 1 N–H and O–H groups in total. The topological polar surface area (TPSA) is 47.7 Å². The van der Waals surface area contributed by atoms with E-state index in [1.165, 1.54) is 5.69 Å². The first-order valence-electron chi connectivity index (χ1n) is 5.46. The molecular formula is C11H17N5. The summed E-state index contributed by atoms with van der Waals surface area (Å²) in [6, 6.07) is 4.06. The summed E-state index contributed by atoms with van der Waals surface area (Å²) in [4.78, 5) is 0. The lowest BCUT2D eigenvalue weighted by Gasteiger charge is -2.07. The van der Waals surface area contributed by atoms with Gasteiger partial charge in [0.15, 0.2) is 0 Å². The average Bonchev–Trinajstić information content (AvgIpc) is 2.81. The van der Waals surface area contributed by atoms with Crippen LogP contribution in [0.5, 0.6) is 0 Å². The lowest BCUT2D eigenvalue weighted by Crippen LogP contribution is -2.09. The van der Waals surface area contributed by atoms with E-state index in [2.05, 4.69) is 22.4 Å². The molecule has 2 aromatic rings. The summed E-state index contributed by atoms with van der Waals surface area (Å²) in [5.41, 5.74) is 2.20. The molecule has 0 atom stereocenters. The Morgan fingerprint density at radius 1 is 1.44 bits per heavy atom. The monoisotopic (exact) mass is 219 g/mol. The highest BCUT2D eigenvalue weighted by molar-refractivity contribution is 5.36. The van der Waals surface area contributed by atoms with Gasteiger partial charge in [0.2, 0.25) is 0 Å². The van der Waals surface area contributed by atoms with Crippen LogP contribution in [0.1, 0.15) is 18.3 Å². The first-order valence-corrected chi connectivity index (χ1v) is 5.46. The molecule has 0 unspecified atom stereocenters. The number of nitrogens with zero attached hydrogens (tertiary/aromatic N) is 4. The zero-order chi connectivity index (χ0) is 11.5. The van der Waals surface area contributed by atoms with E-state index >= 15 is 0 Å². The van der Waals surface area contributed by atoms with Crippen molar-refractivity contribution in [1.29, 1.82) is 0 Å². The smallest absolute Gasteiger partial charge is 0.124 e. The van der Waals surface area contributed by atoms with E-state index in [9.17, 15) is 0 Å². The van der Waals surface area contributed by atoms with E-state index < -0.39 is 0 Å². The van der Waals surface area contributed by atoms with Gasteiger partial charge in [0.25, 0.3) is 0 Å². The summed E-state index contributed by atoms with van der Waals surface area (Å²) in [5.74, 6) is 1.03. The predicted molar refractivity (Wildman–Crippen MR) is 63.2 cm³/mol. The SMILES string of the molecule is CCn1nccc1CNc1cc(C)nn1C. The van der Waals surface area contributed by atoms with Crippen LogP contribution in [-0.4, -0.2) is 19.6 Å². The van der Waals surface area contributed by atoms with E-state index in [1.807, 2.05) is 41.7 Å². The third-order valence-electron chi connectivity index (χ3n) is 2.56. The van der Waals surface area contributed by atoms with Gasteiger partial charge in [-0.2, -0.15) is 10.2 Å². The van der Waals surface area contributed by atoms with Crippen molar-refractivity contribution in [3.8, 4) is 0 Å². The van der Waals surface area contributed by atoms with E-state index in [4.69, 9.17) is 0 Å². The Kier molecular flexibility index (Phi) is 2.94. The standard InChI is InChI=1S/C11H17N5/c1-4-16-10(5-6-13-16)8-12-11-7-9(2)14-15(11)3/h5-7,12H,4,8H2,1-3H3. The molecule has 0 aromatic carbocycles. The summed E-state index contributed by atoms with van der Waals surface area (Å²) in [5, 5.41) is 11.9. The quantitative estimate of drug-likeness (QED) is 0.848. The van der Waals surface area contributed by atoms with Crippen molar-refractivity contribution in [3.63, 3.8) is 0 Å². The van der Waals surface area contributed by atoms with E-state index in [0.717, 1.165) is 24.6 Å². The Hall–Kier alpha value is -1.78. The molecule has 16 heavy (non-hydrogen) atoms. The molecule has 0 saturated heterocycles. The minimum absolute atomic E-state index is 0.771. The van der Waals surface area contributed by atoms with Gasteiger partial charge >= 0.3 is 0 Å². The maximum atomic E-state index is 4.29. The van der Waals surface area contributed by atoms with Gasteiger partial charge in [-0.3, -0.25) is 9.36 Å². The lowest BCUT2D eigenvalue weighted by atomic mass is 10.4. The second-order valence-corrected chi connectivity index (χ2v) is 3.79. The van der Waals surface area contributed by atoms with Crippen molar-refractivity contribution >= 4 is 5.82 Å². The molecule has 0 amide bonds. The molecule has 0 radical (unpaired) electrons. The molecule has 0 aliphatic carbocycles. The second-order valence-electron chi connectivity index (χ2n) is 3.79. The average molecular weight is 219 g/mol. The van der Waals surface area contributed by atoms with Gasteiger partial charge in [-0.15, -0.1) is 0 Å². The molecule has 2 heterocycles. The van der Waals surface area contributed by atoms with Crippen molar-refractivity contribution in [3.05, 3.63) is 29.7 Å². The van der Waals surface area contributed by atoms with Gasteiger partial charge < -0.3 is 5.32 Å². The molecule has 86 valence electrons. The van der Waals surface area contributed by atoms with Crippen LogP contribution >= 0.6 is 0 Å². The van der Waals surface area contributed by atoms with Crippen LogP contribution in [0, 0.1) is 6.92 Å². The molecule has 0 spiro atoms. The molecule has 0 fully saturated rings. The number of aryl methyl sites for hydroxylation is 3. The van der Waals surface area contributed by atoms with Gasteiger partial charge in [0.1, 0.15) is 5.82 Å². The van der Waals surface area contributed by atoms with E-state index in [0.29, 0.717) is 0 Å². The molecule has 5 heteroatoms. The Labute approximate surface area is 95.1 Å². The first-order chi connectivity index (χ1) is 7.70. The molecule has 0 aliphatic heterocycles. The summed E-state index contributed by atoms with van der Waals surface area (Å²) in [6.45, 7) is 5.74. The lowest BCUT2D eigenvalue weighted by molar-refractivity contribution is 0.626. The Bertz CT molecular complexity index is 468. The molecule has 0 saturated carbocycles. The third kappa shape index (κ3) is 2.08. The van der Waals surface area contributed by atoms with Crippen LogP contribution in [0.25, 0.3) is 0 Å². The fourth-order valence-electron chi connectivity index (χ4n) is 1.75. The maximum absolute atomic E-state index is 4.29. The first kappa shape index (κ1) is 10.7. The highest BCUT2D eigenvalue weighted by Crippen LogP contribution is 2.10. The minimum atomic E-state index is 0.771. The minimum Gasteiger partial charge on any atom is -0.365 e. The van der Waals surface area contributed by atoms with Crippen molar-refractivity contribution < 1.29 is 0 Å². The highest BCUT2D eigenvalue weighted by atomic mass is 15.3. The van der Waals surface area contributed by atoms with Gasteiger partial charge in [0, 0.05) is 25.9 Å². The molecule has 5 nitrogen and oxygen atoms in total. The number of aromatic nitrogens is 4. The Balaban J connectivity index is 2.05. The van der Waals surface area contributed by atoms with Crippen molar-refractivity contribution in [2.75, 3.05) is 5.32 Å². The van der Waals surface area contributed by atoms with E-state index in [1.54, 1.807) is 0 Å². The van der Waals surface area contributed by atoms with Gasteiger partial charge in [-0.25, -0.2) is 0 Å². The molecule has 2 rings (SSSR count). The Morgan fingerprint density at radius 2 is 2.25 bits per heavy atom. The zero-order valence-corrected chi connectivity index (χ0v) is 9.94. The van der Waals surface area contributed by atoms with Crippen LogP contribution in [-0.2, 0) is 20.1 Å². The number of rotatable bonds is 4. The molecule has 0 aliphatic rings. The van der Waals surface area contributed by atoms with E-state index in [-0.39, 0.29) is 0 Å². The van der Waals surface area contributed by atoms with Gasteiger partial charge in [0.05, 0.1) is 17.9 Å². The van der Waals surface area contributed by atoms with Crippen LogP contribution in [0.15, 0.2) is 18.3 Å². The number of anilines is 1. The van der Waals surface area contributed by atoms with Crippen molar-refractivity contribution in [2.45, 2.75) is 26.9 Å².